The molecule has 0 aliphatic rings. The van der Waals surface area contributed by atoms with Crippen LogP contribution in [0.3, 0.4) is 0 Å². The SMILES string of the molecule is Cn1c(CCCO)cc2cc(C(N)=O)[nH]c(=O)c21. The number of nitrogens with zero attached hydrogens (tertiary/aromatic N) is 1. The first-order valence-corrected chi connectivity index (χ1v) is 5.67. The lowest BCUT2D eigenvalue weighted by Crippen LogP contribution is -2.19. The Morgan fingerprint density at radius 3 is 2.83 bits per heavy atom. The summed E-state index contributed by atoms with van der Waals surface area (Å²) >= 11 is 0. The molecule has 0 unspecified atom stereocenters. The van der Waals surface area contributed by atoms with Crippen LogP contribution in [-0.4, -0.2) is 27.2 Å². The molecule has 0 fully saturated rings. The molecular formula is C12H15N3O3. The number of aromatic amines is 1. The van der Waals surface area contributed by atoms with Crippen LogP contribution in [0.15, 0.2) is 16.9 Å². The number of aliphatic hydroxyl groups is 1. The third-order valence-electron chi connectivity index (χ3n) is 2.98. The monoisotopic (exact) mass is 249 g/mol. The Balaban J connectivity index is 2.61. The Kier molecular flexibility index (Phi) is 3.20. The van der Waals surface area contributed by atoms with Gasteiger partial charge >= 0.3 is 0 Å². The van der Waals surface area contributed by atoms with Crippen LogP contribution in [0.4, 0.5) is 0 Å². The first-order valence-electron chi connectivity index (χ1n) is 5.67. The van der Waals surface area contributed by atoms with Gasteiger partial charge in [-0.25, -0.2) is 0 Å². The minimum Gasteiger partial charge on any atom is -0.396 e. The summed E-state index contributed by atoms with van der Waals surface area (Å²) in [7, 11) is 1.79. The van der Waals surface area contributed by atoms with Crippen LogP contribution in [0.1, 0.15) is 22.6 Å². The lowest BCUT2D eigenvalue weighted by Gasteiger charge is -2.02. The number of carbonyl (C=O) groups excluding carboxylic acids is 1. The average molecular weight is 249 g/mol. The number of hydrogen-bond donors (Lipinski definition) is 3. The zero-order valence-corrected chi connectivity index (χ0v) is 10.1. The van der Waals surface area contributed by atoms with Gasteiger partial charge in [-0.05, 0) is 25.0 Å². The van der Waals surface area contributed by atoms with Crippen molar-refractivity contribution in [2.45, 2.75) is 12.8 Å². The molecule has 2 rings (SSSR count). The van der Waals surface area contributed by atoms with E-state index in [1.54, 1.807) is 17.7 Å². The van der Waals surface area contributed by atoms with Crippen molar-refractivity contribution in [2.75, 3.05) is 6.61 Å². The molecule has 0 aliphatic carbocycles. The third-order valence-corrected chi connectivity index (χ3v) is 2.98. The first-order chi connectivity index (χ1) is 8.54. The standard InChI is InChI=1S/C12H15N3O3/c1-15-8(3-2-4-16)5-7-6-9(11(13)17)14-12(18)10(7)15/h5-6,16H,2-4H2,1H3,(H2,13,17)(H,14,18). The molecule has 0 spiro atoms. The summed E-state index contributed by atoms with van der Waals surface area (Å²) in [5.74, 6) is -0.658. The number of rotatable bonds is 4. The minimum absolute atomic E-state index is 0.102. The van der Waals surface area contributed by atoms with Crippen molar-refractivity contribution in [3.8, 4) is 0 Å². The summed E-state index contributed by atoms with van der Waals surface area (Å²) in [5, 5.41) is 9.51. The van der Waals surface area contributed by atoms with Crippen molar-refractivity contribution in [2.24, 2.45) is 12.8 Å². The Hall–Kier alpha value is -2.08. The number of hydrogen-bond acceptors (Lipinski definition) is 3. The van der Waals surface area contributed by atoms with E-state index in [4.69, 9.17) is 10.8 Å². The van der Waals surface area contributed by atoms with Crippen LogP contribution in [0.5, 0.6) is 0 Å². The van der Waals surface area contributed by atoms with E-state index in [0.717, 1.165) is 5.69 Å². The molecule has 2 aromatic heterocycles. The topological polar surface area (TPSA) is 101 Å². The second-order valence-corrected chi connectivity index (χ2v) is 4.20. The molecule has 0 atom stereocenters. The largest absolute Gasteiger partial charge is 0.396 e. The van der Waals surface area contributed by atoms with E-state index in [9.17, 15) is 9.59 Å². The predicted molar refractivity (Wildman–Crippen MR) is 67.5 cm³/mol. The maximum Gasteiger partial charge on any atom is 0.273 e. The molecule has 6 nitrogen and oxygen atoms in total. The van der Waals surface area contributed by atoms with Crippen LogP contribution >= 0.6 is 0 Å². The second kappa shape index (κ2) is 4.66. The molecule has 2 heterocycles. The number of nitrogens with one attached hydrogen (secondary N) is 1. The first kappa shape index (κ1) is 12.4. The van der Waals surface area contributed by atoms with Crippen LogP contribution in [-0.2, 0) is 13.5 Å². The van der Waals surface area contributed by atoms with Gasteiger partial charge in [0, 0.05) is 24.7 Å². The van der Waals surface area contributed by atoms with Gasteiger partial charge < -0.3 is 20.4 Å². The number of pyridine rings is 1. The molecule has 2 aromatic rings. The van der Waals surface area contributed by atoms with E-state index in [1.165, 1.54) is 0 Å². The van der Waals surface area contributed by atoms with Crippen molar-refractivity contribution in [3.05, 3.63) is 33.9 Å². The quantitative estimate of drug-likeness (QED) is 0.704. The van der Waals surface area contributed by atoms with E-state index >= 15 is 0 Å². The van der Waals surface area contributed by atoms with Gasteiger partial charge in [0.1, 0.15) is 11.2 Å². The Morgan fingerprint density at radius 2 is 2.22 bits per heavy atom. The summed E-state index contributed by atoms with van der Waals surface area (Å²) in [5.41, 5.74) is 6.36. The number of aryl methyl sites for hydroxylation is 2. The zero-order valence-electron chi connectivity index (χ0n) is 10.1. The normalized spacial score (nSPS) is 11.0. The van der Waals surface area contributed by atoms with Crippen LogP contribution in [0.25, 0.3) is 10.9 Å². The highest BCUT2D eigenvalue weighted by Crippen LogP contribution is 2.17. The van der Waals surface area contributed by atoms with Gasteiger partial charge in [-0.2, -0.15) is 0 Å². The van der Waals surface area contributed by atoms with Crippen molar-refractivity contribution in [3.63, 3.8) is 0 Å². The summed E-state index contributed by atoms with van der Waals surface area (Å²) in [6, 6.07) is 3.41. The summed E-state index contributed by atoms with van der Waals surface area (Å²) < 4.78 is 1.77. The van der Waals surface area contributed by atoms with E-state index in [1.807, 2.05) is 6.07 Å². The Morgan fingerprint density at radius 1 is 1.50 bits per heavy atom. The molecule has 4 N–H and O–H groups in total. The molecule has 0 aliphatic heterocycles. The van der Waals surface area contributed by atoms with Gasteiger partial charge in [-0.15, -0.1) is 0 Å². The predicted octanol–water partition coefficient (Wildman–Crippen LogP) is -0.110. The lowest BCUT2D eigenvalue weighted by atomic mass is 10.2. The number of fused-ring (bicyclic) bond motifs is 1. The number of carbonyl (C=O) groups is 1. The third kappa shape index (κ3) is 2.02. The fourth-order valence-corrected chi connectivity index (χ4v) is 2.08. The minimum atomic E-state index is -0.658. The van der Waals surface area contributed by atoms with Gasteiger partial charge in [0.15, 0.2) is 0 Å². The molecule has 1 amide bonds. The number of nitrogens with two attached hydrogens (primary N) is 1. The van der Waals surface area contributed by atoms with Gasteiger partial charge in [0.2, 0.25) is 0 Å². The molecule has 0 aromatic carbocycles. The van der Waals surface area contributed by atoms with Crippen LogP contribution in [0, 0.1) is 0 Å². The molecule has 0 bridgehead atoms. The molecule has 96 valence electrons. The van der Waals surface area contributed by atoms with Crippen LogP contribution in [0.2, 0.25) is 0 Å². The van der Waals surface area contributed by atoms with Crippen molar-refractivity contribution < 1.29 is 9.90 Å². The molecule has 0 saturated heterocycles. The summed E-state index contributed by atoms with van der Waals surface area (Å²) in [6.07, 6.45) is 1.30. The van der Waals surface area contributed by atoms with Crippen molar-refractivity contribution in [1.82, 2.24) is 9.55 Å². The summed E-state index contributed by atoms with van der Waals surface area (Å²) in [4.78, 5) is 25.4. The average Bonchev–Trinajstić information content (AvgIpc) is 2.63. The second-order valence-electron chi connectivity index (χ2n) is 4.20. The van der Waals surface area contributed by atoms with Gasteiger partial charge in [0.05, 0.1) is 0 Å². The molecule has 0 saturated carbocycles. The van der Waals surface area contributed by atoms with Crippen LogP contribution < -0.4 is 11.3 Å². The van der Waals surface area contributed by atoms with Gasteiger partial charge in [0.25, 0.3) is 11.5 Å². The van der Waals surface area contributed by atoms with Gasteiger partial charge in [-0.3, -0.25) is 9.59 Å². The number of H-pyrrole nitrogens is 1. The molecule has 6 heteroatoms. The number of aromatic nitrogens is 2. The van der Waals surface area contributed by atoms with Crippen molar-refractivity contribution >= 4 is 16.8 Å². The maximum atomic E-state index is 11.9. The fraction of sp³-hybridized carbons (Fsp3) is 0.333. The lowest BCUT2D eigenvalue weighted by molar-refractivity contribution is 0.0995. The zero-order chi connectivity index (χ0) is 13.3. The van der Waals surface area contributed by atoms with E-state index in [2.05, 4.69) is 4.98 Å². The highest BCUT2D eigenvalue weighted by Gasteiger charge is 2.12. The molecular weight excluding hydrogens is 234 g/mol. The Labute approximate surface area is 103 Å². The van der Waals surface area contributed by atoms with E-state index in [0.29, 0.717) is 23.7 Å². The number of amides is 1. The highest BCUT2D eigenvalue weighted by molar-refractivity contribution is 5.94. The van der Waals surface area contributed by atoms with E-state index in [-0.39, 0.29) is 17.9 Å². The Bertz CT molecular complexity index is 654. The molecule has 0 radical (unpaired) electrons. The fourth-order valence-electron chi connectivity index (χ4n) is 2.08. The smallest absolute Gasteiger partial charge is 0.273 e. The maximum absolute atomic E-state index is 11.9. The van der Waals surface area contributed by atoms with E-state index < -0.39 is 5.91 Å². The summed E-state index contributed by atoms with van der Waals surface area (Å²) in [6.45, 7) is 0.102. The number of primary amides is 1. The molecule has 18 heavy (non-hydrogen) atoms. The number of aliphatic hydroxyl groups excluding tert-OH is 1. The van der Waals surface area contributed by atoms with Crippen molar-refractivity contribution in [1.29, 1.82) is 0 Å². The highest BCUT2D eigenvalue weighted by atomic mass is 16.3. The van der Waals surface area contributed by atoms with Gasteiger partial charge in [-0.1, -0.05) is 0 Å².